The molecule has 2 aliphatic rings. The molecule has 1 nitrogen and oxygen atoms in total. The highest BCUT2D eigenvalue weighted by Crippen LogP contribution is 2.33. The molecule has 0 heterocycles. The second kappa shape index (κ2) is 6.47. The molecule has 0 spiro atoms. The van der Waals surface area contributed by atoms with Gasteiger partial charge in [-0.15, -0.1) is 0 Å². The molecule has 2 fully saturated rings. The minimum atomic E-state index is 0.816. The largest absolute Gasteiger partial charge is 0.311 e. The van der Waals surface area contributed by atoms with Gasteiger partial charge in [0, 0.05) is 17.3 Å². The van der Waals surface area contributed by atoms with Crippen molar-refractivity contribution in [1.29, 1.82) is 0 Å². The molecular formula is C15H29NS. The van der Waals surface area contributed by atoms with Gasteiger partial charge in [0.05, 0.1) is 0 Å². The molecule has 2 saturated carbocycles. The zero-order valence-electron chi connectivity index (χ0n) is 11.7. The normalized spacial score (nSPS) is 42.9. The molecule has 0 aromatic carbocycles. The van der Waals surface area contributed by atoms with Gasteiger partial charge in [-0.1, -0.05) is 20.8 Å². The quantitative estimate of drug-likeness (QED) is 0.812. The van der Waals surface area contributed by atoms with E-state index in [1.165, 1.54) is 44.3 Å². The van der Waals surface area contributed by atoms with Crippen LogP contribution in [0.1, 0.15) is 59.3 Å². The smallest absolute Gasteiger partial charge is 0.00805 e. The molecule has 17 heavy (non-hydrogen) atoms. The van der Waals surface area contributed by atoms with Gasteiger partial charge in [0.25, 0.3) is 0 Å². The van der Waals surface area contributed by atoms with Gasteiger partial charge in [0.1, 0.15) is 0 Å². The highest BCUT2D eigenvalue weighted by Gasteiger charge is 2.29. The van der Waals surface area contributed by atoms with Crippen molar-refractivity contribution in [2.45, 2.75) is 76.6 Å². The van der Waals surface area contributed by atoms with Crippen LogP contribution in [0.25, 0.3) is 0 Å². The van der Waals surface area contributed by atoms with Crippen LogP contribution in [0.2, 0.25) is 0 Å². The monoisotopic (exact) mass is 255 g/mol. The van der Waals surface area contributed by atoms with Crippen molar-refractivity contribution in [2.24, 2.45) is 11.8 Å². The molecule has 0 bridgehead atoms. The van der Waals surface area contributed by atoms with E-state index in [-0.39, 0.29) is 0 Å². The number of nitrogens with one attached hydrogen (secondary N) is 1. The second-order valence-electron chi connectivity index (χ2n) is 6.22. The van der Waals surface area contributed by atoms with Gasteiger partial charge in [0.15, 0.2) is 0 Å². The van der Waals surface area contributed by atoms with Crippen LogP contribution in [0.3, 0.4) is 0 Å². The highest BCUT2D eigenvalue weighted by atomic mass is 32.2. The lowest BCUT2D eigenvalue weighted by atomic mass is 9.79. The molecule has 0 aromatic heterocycles. The van der Waals surface area contributed by atoms with E-state index >= 15 is 0 Å². The molecular weight excluding hydrogens is 226 g/mol. The number of thioether (sulfide) groups is 1. The van der Waals surface area contributed by atoms with Crippen molar-refractivity contribution >= 4 is 11.8 Å². The molecule has 0 radical (unpaired) electrons. The van der Waals surface area contributed by atoms with Crippen molar-refractivity contribution in [3.8, 4) is 0 Å². The van der Waals surface area contributed by atoms with Crippen molar-refractivity contribution < 1.29 is 0 Å². The molecule has 0 aromatic rings. The van der Waals surface area contributed by atoms with Crippen LogP contribution < -0.4 is 5.32 Å². The summed E-state index contributed by atoms with van der Waals surface area (Å²) in [5, 5.41) is 4.89. The summed E-state index contributed by atoms with van der Waals surface area (Å²) in [5.41, 5.74) is 0. The Labute approximate surface area is 112 Å². The summed E-state index contributed by atoms with van der Waals surface area (Å²) in [7, 11) is 0. The molecule has 100 valence electrons. The third kappa shape index (κ3) is 3.89. The predicted molar refractivity (Wildman–Crippen MR) is 78.7 cm³/mol. The molecule has 0 amide bonds. The maximum Gasteiger partial charge on any atom is 0.00805 e. The fourth-order valence-electron chi connectivity index (χ4n) is 3.51. The third-order valence-corrected chi connectivity index (χ3v) is 6.09. The average Bonchev–Trinajstić information content (AvgIpc) is 2.72. The summed E-state index contributed by atoms with van der Waals surface area (Å²) in [6.07, 6.45) is 8.52. The Morgan fingerprint density at radius 2 is 1.65 bits per heavy atom. The molecule has 0 aliphatic heterocycles. The topological polar surface area (TPSA) is 12.0 Å². The summed E-state index contributed by atoms with van der Waals surface area (Å²) >= 11 is 2.17. The van der Waals surface area contributed by atoms with E-state index in [9.17, 15) is 0 Å². The molecule has 5 unspecified atom stereocenters. The SMILES string of the molecule is CCSC1CCC(NC2CCC(C)C(C)C2)C1. The summed E-state index contributed by atoms with van der Waals surface area (Å²) in [5.74, 6) is 3.15. The van der Waals surface area contributed by atoms with Crippen LogP contribution in [0.15, 0.2) is 0 Å². The first-order valence-electron chi connectivity index (χ1n) is 7.56. The molecule has 2 rings (SSSR count). The predicted octanol–water partition coefficient (Wildman–Crippen LogP) is 4.07. The summed E-state index contributed by atoms with van der Waals surface area (Å²) in [6.45, 7) is 7.14. The Bertz CT molecular complexity index is 231. The zero-order chi connectivity index (χ0) is 12.3. The Morgan fingerprint density at radius 1 is 0.941 bits per heavy atom. The lowest BCUT2D eigenvalue weighted by molar-refractivity contribution is 0.215. The molecule has 1 N–H and O–H groups in total. The van der Waals surface area contributed by atoms with Crippen molar-refractivity contribution in [2.75, 3.05) is 5.75 Å². The minimum absolute atomic E-state index is 0.816. The van der Waals surface area contributed by atoms with Crippen LogP contribution in [0.4, 0.5) is 0 Å². The van der Waals surface area contributed by atoms with Gasteiger partial charge >= 0.3 is 0 Å². The summed E-state index contributed by atoms with van der Waals surface area (Å²) < 4.78 is 0. The first-order chi connectivity index (χ1) is 8.19. The van der Waals surface area contributed by atoms with Crippen LogP contribution in [0.5, 0.6) is 0 Å². The fraction of sp³-hybridized carbons (Fsp3) is 1.00. The van der Waals surface area contributed by atoms with Gasteiger partial charge in [0.2, 0.25) is 0 Å². The van der Waals surface area contributed by atoms with Gasteiger partial charge < -0.3 is 5.32 Å². The fourth-order valence-corrected chi connectivity index (χ4v) is 4.65. The third-order valence-electron chi connectivity index (χ3n) is 4.86. The first-order valence-corrected chi connectivity index (χ1v) is 8.61. The average molecular weight is 255 g/mol. The van der Waals surface area contributed by atoms with Crippen LogP contribution in [0, 0.1) is 11.8 Å². The molecule has 2 heteroatoms. The van der Waals surface area contributed by atoms with Crippen molar-refractivity contribution in [3.05, 3.63) is 0 Å². The first kappa shape index (κ1) is 13.7. The lowest BCUT2D eigenvalue weighted by Crippen LogP contribution is -2.41. The van der Waals surface area contributed by atoms with Crippen LogP contribution >= 0.6 is 11.8 Å². The van der Waals surface area contributed by atoms with E-state index < -0.39 is 0 Å². The van der Waals surface area contributed by atoms with Crippen LogP contribution in [-0.2, 0) is 0 Å². The zero-order valence-corrected chi connectivity index (χ0v) is 12.6. The Balaban J connectivity index is 1.71. The van der Waals surface area contributed by atoms with Gasteiger partial charge in [-0.25, -0.2) is 0 Å². The lowest BCUT2D eigenvalue weighted by Gasteiger charge is -2.34. The summed E-state index contributed by atoms with van der Waals surface area (Å²) in [6, 6.07) is 1.64. The maximum absolute atomic E-state index is 3.94. The highest BCUT2D eigenvalue weighted by molar-refractivity contribution is 7.99. The molecule has 5 atom stereocenters. The summed E-state index contributed by atoms with van der Waals surface area (Å²) in [4.78, 5) is 0. The standard InChI is InChI=1S/C15H29NS/c1-4-17-15-8-7-14(10-15)16-13-6-5-11(2)12(3)9-13/h11-16H,4-10H2,1-3H3. The second-order valence-corrected chi connectivity index (χ2v) is 7.80. The number of rotatable bonds is 4. The van der Waals surface area contributed by atoms with E-state index in [1.807, 2.05) is 0 Å². The van der Waals surface area contributed by atoms with E-state index in [0.29, 0.717) is 0 Å². The van der Waals surface area contributed by atoms with E-state index in [2.05, 4.69) is 37.8 Å². The van der Waals surface area contributed by atoms with Crippen LogP contribution in [-0.4, -0.2) is 23.1 Å². The molecule has 2 aliphatic carbocycles. The van der Waals surface area contributed by atoms with Gasteiger partial charge in [-0.2, -0.15) is 11.8 Å². The van der Waals surface area contributed by atoms with E-state index in [4.69, 9.17) is 0 Å². The molecule has 0 saturated heterocycles. The van der Waals surface area contributed by atoms with Gasteiger partial charge in [-0.3, -0.25) is 0 Å². The van der Waals surface area contributed by atoms with E-state index in [1.54, 1.807) is 0 Å². The Morgan fingerprint density at radius 3 is 2.35 bits per heavy atom. The van der Waals surface area contributed by atoms with Gasteiger partial charge in [-0.05, 0) is 56.1 Å². The Kier molecular flexibility index (Phi) is 5.23. The number of hydrogen-bond acceptors (Lipinski definition) is 2. The minimum Gasteiger partial charge on any atom is -0.311 e. The van der Waals surface area contributed by atoms with Crippen molar-refractivity contribution in [3.63, 3.8) is 0 Å². The van der Waals surface area contributed by atoms with Crippen molar-refractivity contribution in [1.82, 2.24) is 5.32 Å². The van der Waals surface area contributed by atoms with E-state index in [0.717, 1.165) is 29.2 Å². The number of hydrogen-bond donors (Lipinski definition) is 1. The Hall–Kier alpha value is 0.310. The maximum atomic E-state index is 3.94.